The van der Waals surface area contributed by atoms with Gasteiger partial charge in [-0.2, -0.15) is 0 Å². The van der Waals surface area contributed by atoms with E-state index < -0.39 is 0 Å². The first-order valence-corrected chi connectivity index (χ1v) is 12.7. The lowest BCUT2D eigenvalue weighted by molar-refractivity contribution is -0.129. The van der Waals surface area contributed by atoms with Crippen molar-refractivity contribution in [3.63, 3.8) is 0 Å². The van der Waals surface area contributed by atoms with Gasteiger partial charge in [0.05, 0.1) is 6.04 Å². The highest BCUT2D eigenvalue weighted by Gasteiger charge is 2.58. The number of Topliss-reactive ketones (excluding diaryl/α,β-unsaturated/α-hetero) is 1. The Hall–Kier alpha value is -1.91. The van der Waals surface area contributed by atoms with Gasteiger partial charge in [0.2, 0.25) is 0 Å². The normalized spacial score (nSPS) is 35.8. The number of hydrogen-bond acceptors (Lipinski definition) is 4. The number of benzene rings is 1. The highest BCUT2D eigenvalue weighted by atomic mass is 35.5. The van der Waals surface area contributed by atoms with Crippen molar-refractivity contribution in [3.8, 4) is 0 Å². The minimum Gasteiger partial charge on any atom is -0.353 e. The van der Waals surface area contributed by atoms with Crippen LogP contribution in [0.3, 0.4) is 0 Å². The van der Waals surface area contributed by atoms with Crippen LogP contribution in [0.15, 0.2) is 48.5 Å². The lowest BCUT2D eigenvalue weighted by Gasteiger charge is -2.62. The molecule has 5 fully saturated rings. The van der Waals surface area contributed by atoms with E-state index in [-0.39, 0.29) is 11.5 Å². The molecule has 1 aromatic carbocycles. The van der Waals surface area contributed by atoms with Gasteiger partial charge >= 0.3 is 0 Å². The van der Waals surface area contributed by atoms with E-state index in [4.69, 9.17) is 11.6 Å². The van der Waals surface area contributed by atoms with E-state index >= 15 is 0 Å². The van der Waals surface area contributed by atoms with Crippen LogP contribution >= 0.6 is 11.6 Å². The van der Waals surface area contributed by atoms with Gasteiger partial charge in [-0.1, -0.05) is 48.0 Å². The zero-order chi connectivity index (χ0) is 21.7. The van der Waals surface area contributed by atoms with Crippen molar-refractivity contribution in [2.45, 2.75) is 50.0 Å². The van der Waals surface area contributed by atoms with Crippen molar-refractivity contribution in [2.75, 3.05) is 24.5 Å². The molecule has 1 aliphatic heterocycles. The van der Waals surface area contributed by atoms with Gasteiger partial charge in [0, 0.05) is 31.5 Å². The van der Waals surface area contributed by atoms with Crippen LogP contribution in [-0.2, 0) is 10.2 Å². The summed E-state index contributed by atoms with van der Waals surface area (Å²) in [5.41, 5.74) is 1.43. The van der Waals surface area contributed by atoms with Crippen LogP contribution in [0.4, 0.5) is 5.82 Å². The second kappa shape index (κ2) is 8.14. The number of nitrogens with one attached hydrogen (secondary N) is 1. The summed E-state index contributed by atoms with van der Waals surface area (Å²) >= 11 is 6.13. The van der Waals surface area contributed by atoms with Crippen molar-refractivity contribution in [1.82, 2.24) is 10.3 Å². The highest BCUT2D eigenvalue weighted by Crippen LogP contribution is 2.64. The number of carbonyl (C=O) groups excluding carboxylic acids is 1. The van der Waals surface area contributed by atoms with Crippen molar-refractivity contribution >= 4 is 23.2 Å². The maximum absolute atomic E-state index is 13.9. The van der Waals surface area contributed by atoms with E-state index in [0.717, 1.165) is 30.7 Å². The third kappa shape index (κ3) is 3.47. The molecule has 4 bridgehead atoms. The Morgan fingerprint density at radius 1 is 1.00 bits per heavy atom. The zero-order valence-corrected chi connectivity index (χ0v) is 19.3. The SMILES string of the molecule is O=C(CC1(c2ccccc2)C2CC3CC(C2)CC1C3)C1CN(c2cccc(Cl)n2)CCN1. The number of ketones is 1. The molecule has 168 valence electrons. The maximum Gasteiger partial charge on any atom is 0.152 e. The molecule has 32 heavy (non-hydrogen) atoms. The maximum atomic E-state index is 13.9. The predicted octanol–water partition coefficient (Wildman–Crippen LogP) is 4.87. The van der Waals surface area contributed by atoms with E-state index in [0.29, 0.717) is 35.7 Å². The summed E-state index contributed by atoms with van der Waals surface area (Å²) in [4.78, 5) is 20.6. The number of piperazine rings is 1. The molecule has 5 heteroatoms. The Balaban J connectivity index is 1.27. The van der Waals surface area contributed by atoms with Crippen LogP contribution in [0.25, 0.3) is 0 Å². The van der Waals surface area contributed by atoms with E-state index in [2.05, 4.69) is 45.5 Å². The van der Waals surface area contributed by atoms with E-state index in [9.17, 15) is 4.79 Å². The third-order valence-electron chi connectivity index (χ3n) is 8.96. The summed E-state index contributed by atoms with van der Waals surface area (Å²) in [7, 11) is 0. The molecule has 2 aromatic rings. The Labute approximate surface area is 195 Å². The molecule has 1 N–H and O–H groups in total. The standard InChI is InChI=1S/C27H32ClN3O/c28-25-7-4-8-26(30-25)31-10-9-29-23(17-31)24(32)16-27(20-5-2-1-3-6-20)21-12-18-11-19(14-21)15-22(27)13-18/h1-8,18-19,21-23,29H,9-17H2. The lowest BCUT2D eigenvalue weighted by Crippen LogP contribution is -2.59. The Morgan fingerprint density at radius 3 is 2.41 bits per heavy atom. The van der Waals surface area contributed by atoms with Crippen LogP contribution in [0.2, 0.25) is 5.15 Å². The van der Waals surface area contributed by atoms with Gasteiger partial charge in [-0.3, -0.25) is 4.79 Å². The van der Waals surface area contributed by atoms with Crippen LogP contribution in [0.1, 0.15) is 44.1 Å². The molecule has 4 aliphatic carbocycles. The van der Waals surface area contributed by atoms with Gasteiger partial charge in [0.15, 0.2) is 5.78 Å². The summed E-state index contributed by atoms with van der Waals surface area (Å²) in [6.07, 6.45) is 7.34. The molecule has 0 spiro atoms. The fourth-order valence-electron chi connectivity index (χ4n) is 7.79. The smallest absolute Gasteiger partial charge is 0.152 e. The number of pyridine rings is 1. The van der Waals surface area contributed by atoms with Crippen LogP contribution in [-0.4, -0.2) is 36.4 Å². The summed E-state index contributed by atoms with van der Waals surface area (Å²) < 4.78 is 0. The topological polar surface area (TPSA) is 45.2 Å². The van der Waals surface area contributed by atoms with Crippen molar-refractivity contribution in [2.24, 2.45) is 23.7 Å². The average molecular weight is 450 g/mol. The number of aromatic nitrogens is 1. The Morgan fingerprint density at radius 2 is 1.72 bits per heavy atom. The highest BCUT2D eigenvalue weighted by molar-refractivity contribution is 6.29. The number of carbonyl (C=O) groups is 1. The van der Waals surface area contributed by atoms with Crippen LogP contribution in [0, 0.1) is 23.7 Å². The van der Waals surface area contributed by atoms with Crippen molar-refractivity contribution in [1.29, 1.82) is 0 Å². The van der Waals surface area contributed by atoms with Gasteiger partial charge in [0.25, 0.3) is 0 Å². The molecule has 1 unspecified atom stereocenters. The Kier molecular flexibility index (Phi) is 5.26. The zero-order valence-electron chi connectivity index (χ0n) is 18.6. The van der Waals surface area contributed by atoms with Crippen LogP contribution < -0.4 is 10.2 Å². The number of halogens is 1. The fourth-order valence-corrected chi connectivity index (χ4v) is 7.95. The first-order chi connectivity index (χ1) is 15.6. The minimum absolute atomic E-state index is 0.0179. The lowest BCUT2D eigenvalue weighted by atomic mass is 9.42. The number of anilines is 1. The minimum atomic E-state index is -0.151. The monoisotopic (exact) mass is 449 g/mol. The fraction of sp³-hybridized carbons (Fsp3) is 0.556. The van der Waals surface area contributed by atoms with Gasteiger partial charge in [0.1, 0.15) is 11.0 Å². The number of hydrogen-bond donors (Lipinski definition) is 1. The Bertz CT molecular complexity index is 965. The quantitative estimate of drug-likeness (QED) is 0.661. The van der Waals surface area contributed by atoms with Gasteiger partial charge in [-0.05, 0) is 73.5 Å². The molecular weight excluding hydrogens is 418 g/mol. The predicted molar refractivity (Wildman–Crippen MR) is 128 cm³/mol. The molecule has 5 aliphatic rings. The van der Waals surface area contributed by atoms with Gasteiger partial charge in [-0.15, -0.1) is 0 Å². The molecule has 4 saturated carbocycles. The average Bonchev–Trinajstić information content (AvgIpc) is 2.81. The second-order valence-corrected chi connectivity index (χ2v) is 11.0. The molecule has 7 rings (SSSR count). The molecule has 1 saturated heterocycles. The van der Waals surface area contributed by atoms with Gasteiger partial charge in [-0.25, -0.2) is 4.98 Å². The molecule has 1 aromatic heterocycles. The van der Waals surface area contributed by atoms with Crippen molar-refractivity contribution in [3.05, 3.63) is 59.2 Å². The molecule has 1 atom stereocenters. The molecule has 2 heterocycles. The summed E-state index contributed by atoms with van der Waals surface area (Å²) in [5.74, 6) is 4.32. The van der Waals surface area contributed by atoms with Crippen molar-refractivity contribution < 1.29 is 4.79 Å². The molecule has 0 amide bonds. The summed E-state index contributed by atoms with van der Waals surface area (Å²) in [6, 6.07) is 16.6. The van der Waals surface area contributed by atoms with Gasteiger partial charge < -0.3 is 10.2 Å². The summed E-state index contributed by atoms with van der Waals surface area (Å²) in [5, 5.41) is 4.02. The first kappa shape index (κ1) is 20.7. The van der Waals surface area contributed by atoms with E-state index in [1.807, 2.05) is 12.1 Å². The molecular formula is C27H32ClN3O. The summed E-state index contributed by atoms with van der Waals surface area (Å²) in [6.45, 7) is 2.30. The second-order valence-electron chi connectivity index (χ2n) is 10.6. The number of nitrogens with zero attached hydrogens (tertiary/aromatic N) is 2. The molecule has 0 radical (unpaired) electrons. The van der Waals surface area contributed by atoms with E-state index in [1.54, 1.807) is 6.07 Å². The molecule has 4 nitrogen and oxygen atoms in total. The van der Waals surface area contributed by atoms with E-state index in [1.165, 1.54) is 37.7 Å². The first-order valence-electron chi connectivity index (χ1n) is 12.3. The van der Waals surface area contributed by atoms with Crippen LogP contribution in [0.5, 0.6) is 0 Å². The largest absolute Gasteiger partial charge is 0.353 e. The third-order valence-corrected chi connectivity index (χ3v) is 9.17. The number of rotatable bonds is 5.